The smallest absolute Gasteiger partial charge is 0.413 e. The Kier molecular flexibility index (Phi) is 5.36. The summed E-state index contributed by atoms with van der Waals surface area (Å²) in [5, 5.41) is 18.3. The molecular weight excluding hydrogens is 400 g/mol. The number of amides is 1. The number of aliphatic hydroxyl groups excluding tert-OH is 1. The number of carbonyl (C=O) groups is 1. The molecule has 10 nitrogen and oxygen atoms in total. The lowest BCUT2D eigenvalue weighted by Gasteiger charge is -2.13. The SMILES string of the molecule is CC(CO)c1ccc(S(=O)(=O)Oc2ccc3[nH]c(N(C)C(=O)O)nc3c2)c(N)c1. The Morgan fingerprint density at radius 1 is 1.31 bits per heavy atom. The Labute approximate surface area is 166 Å². The van der Waals surface area contributed by atoms with Crippen LogP contribution in [0.25, 0.3) is 11.0 Å². The number of nitrogen functional groups attached to an aromatic ring is 1. The highest BCUT2D eigenvalue weighted by Gasteiger charge is 2.22. The minimum Gasteiger partial charge on any atom is -0.465 e. The molecule has 29 heavy (non-hydrogen) atoms. The standard InChI is InChI=1S/C18H20N4O6S/c1-10(9-23)11-3-6-16(13(19)7-11)29(26,27)28-12-4-5-14-15(8-12)21-17(20-14)22(2)18(24)25/h3-8,10,23H,9,19H2,1-2H3,(H,20,21)(H,24,25). The third kappa shape index (κ3) is 4.10. The van der Waals surface area contributed by atoms with E-state index in [9.17, 15) is 18.3 Å². The highest BCUT2D eigenvalue weighted by atomic mass is 32.2. The van der Waals surface area contributed by atoms with E-state index in [0.29, 0.717) is 16.6 Å². The molecule has 3 aromatic rings. The van der Waals surface area contributed by atoms with Crippen molar-refractivity contribution in [1.82, 2.24) is 9.97 Å². The number of hydrogen-bond donors (Lipinski definition) is 4. The second-order valence-corrected chi connectivity index (χ2v) is 8.01. The first-order valence-corrected chi connectivity index (χ1v) is 9.94. The van der Waals surface area contributed by atoms with Gasteiger partial charge in [0.05, 0.1) is 16.7 Å². The molecule has 0 fully saturated rings. The van der Waals surface area contributed by atoms with Crippen molar-refractivity contribution in [1.29, 1.82) is 0 Å². The largest absolute Gasteiger partial charge is 0.465 e. The molecule has 0 aliphatic heterocycles. The summed E-state index contributed by atoms with van der Waals surface area (Å²) in [7, 11) is -2.89. The lowest BCUT2D eigenvalue weighted by atomic mass is 10.0. The van der Waals surface area contributed by atoms with E-state index < -0.39 is 16.2 Å². The molecule has 1 heterocycles. The fraction of sp³-hybridized carbons (Fsp3) is 0.222. The summed E-state index contributed by atoms with van der Waals surface area (Å²) in [5.41, 5.74) is 7.45. The van der Waals surface area contributed by atoms with Crippen molar-refractivity contribution in [3.63, 3.8) is 0 Å². The molecule has 0 bridgehead atoms. The Balaban J connectivity index is 1.90. The number of H-pyrrole nitrogens is 1. The Bertz CT molecular complexity index is 1170. The van der Waals surface area contributed by atoms with Crippen LogP contribution in [-0.4, -0.2) is 48.3 Å². The summed E-state index contributed by atoms with van der Waals surface area (Å²) >= 11 is 0. The van der Waals surface area contributed by atoms with Crippen LogP contribution in [0, 0.1) is 0 Å². The number of aromatic nitrogens is 2. The summed E-state index contributed by atoms with van der Waals surface area (Å²) in [6.07, 6.45) is -1.20. The van der Waals surface area contributed by atoms with Crippen molar-refractivity contribution in [3.8, 4) is 5.75 Å². The third-order valence-electron chi connectivity index (χ3n) is 4.40. The van der Waals surface area contributed by atoms with Crippen LogP contribution in [0.2, 0.25) is 0 Å². The normalized spacial score (nSPS) is 12.7. The van der Waals surface area contributed by atoms with Crippen LogP contribution in [0.15, 0.2) is 41.3 Å². The number of anilines is 2. The second kappa shape index (κ2) is 7.60. The van der Waals surface area contributed by atoms with Gasteiger partial charge in [0.15, 0.2) is 0 Å². The van der Waals surface area contributed by atoms with Crippen molar-refractivity contribution in [2.24, 2.45) is 0 Å². The lowest BCUT2D eigenvalue weighted by Crippen LogP contribution is -2.24. The zero-order chi connectivity index (χ0) is 21.3. The van der Waals surface area contributed by atoms with Gasteiger partial charge in [0.2, 0.25) is 5.95 Å². The quantitative estimate of drug-likeness (QED) is 0.348. The van der Waals surface area contributed by atoms with Crippen molar-refractivity contribution in [3.05, 3.63) is 42.0 Å². The van der Waals surface area contributed by atoms with E-state index in [4.69, 9.17) is 15.0 Å². The number of imidazole rings is 1. The fourth-order valence-corrected chi connectivity index (χ4v) is 3.68. The minimum absolute atomic E-state index is 0.000677. The van der Waals surface area contributed by atoms with Crippen LogP contribution in [0.3, 0.4) is 0 Å². The number of benzene rings is 2. The van der Waals surface area contributed by atoms with E-state index in [1.54, 1.807) is 13.0 Å². The number of carboxylic acid groups (broad SMARTS) is 1. The van der Waals surface area contributed by atoms with E-state index in [0.717, 1.165) is 4.90 Å². The molecule has 0 aliphatic rings. The fourth-order valence-electron chi connectivity index (χ4n) is 2.65. The molecule has 1 amide bonds. The van der Waals surface area contributed by atoms with Crippen molar-refractivity contribution in [2.45, 2.75) is 17.7 Å². The Morgan fingerprint density at radius 3 is 2.66 bits per heavy atom. The zero-order valence-electron chi connectivity index (χ0n) is 15.7. The maximum absolute atomic E-state index is 12.6. The molecule has 1 aromatic heterocycles. The Hall–Kier alpha value is -3.31. The van der Waals surface area contributed by atoms with Crippen LogP contribution in [0.1, 0.15) is 18.4 Å². The zero-order valence-corrected chi connectivity index (χ0v) is 16.5. The van der Waals surface area contributed by atoms with Crippen LogP contribution in [0.5, 0.6) is 5.75 Å². The van der Waals surface area contributed by atoms with Crippen LogP contribution >= 0.6 is 0 Å². The van der Waals surface area contributed by atoms with Crippen molar-refractivity contribution >= 4 is 38.9 Å². The highest BCUT2D eigenvalue weighted by Crippen LogP contribution is 2.28. The number of fused-ring (bicyclic) bond motifs is 1. The second-order valence-electron chi connectivity index (χ2n) is 6.50. The van der Waals surface area contributed by atoms with Gasteiger partial charge in [-0.25, -0.2) is 9.78 Å². The van der Waals surface area contributed by atoms with Crippen molar-refractivity contribution in [2.75, 3.05) is 24.3 Å². The van der Waals surface area contributed by atoms with E-state index in [1.807, 2.05) is 0 Å². The molecule has 1 unspecified atom stereocenters. The van der Waals surface area contributed by atoms with Gasteiger partial charge in [0.25, 0.3) is 0 Å². The average molecular weight is 420 g/mol. The summed E-state index contributed by atoms with van der Waals surface area (Å²) < 4.78 is 30.5. The number of aromatic amines is 1. The van der Waals surface area contributed by atoms with Gasteiger partial charge in [-0.1, -0.05) is 13.0 Å². The summed E-state index contributed by atoms with van der Waals surface area (Å²) in [6, 6.07) is 8.71. The van der Waals surface area contributed by atoms with Gasteiger partial charge in [-0.2, -0.15) is 8.42 Å². The van der Waals surface area contributed by atoms with Crippen molar-refractivity contribution < 1.29 is 27.6 Å². The summed E-state index contributed by atoms with van der Waals surface area (Å²) in [6.45, 7) is 1.69. The number of hydrogen-bond acceptors (Lipinski definition) is 7. The molecule has 3 rings (SSSR count). The average Bonchev–Trinajstić information content (AvgIpc) is 3.09. The van der Waals surface area contributed by atoms with E-state index in [2.05, 4.69) is 9.97 Å². The van der Waals surface area contributed by atoms with Gasteiger partial charge in [0.1, 0.15) is 10.6 Å². The van der Waals surface area contributed by atoms with Crippen LogP contribution < -0.4 is 14.8 Å². The molecule has 0 radical (unpaired) electrons. The van der Waals surface area contributed by atoms with Gasteiger partial charge in [-0.05, 0) is 29.8 Å². The maximum atomic E-state index is 12.6. The molecular formula is C18H20N4O6S. The lowest BCUT2D eigenvalue weighted by molar-refractivity contribution is 0.203. The molecule has 154 valence electrons. The number of nitrogens with zero attached hydrogens (tertiary/aromatic N) is 2. The number of nitrogens with one attached hydrogen (secondary N) is 1. The topological polar surface area (TPSA) is 159 Å². The van der Waals surface area contributed by atoms with Gasteiger partial charge in [0, 0.05) is 25.6 Å². The molecule has 5 N–H and O–H groups in total. The molecule has 0 aliphatic carbocycles. The van der Waals surface area contributed by atoms with Crippen LogP contribution in [-0.2, 0) is 10.1 Å². The van der Waals surface area contributed by atoms with E-state index in [-0.39, 0.29) is 34.8 Å². The third-order valence-corrected chi connectivity index (χ3v) is 5.72. The van der Waals surface area contributed by atoms with Gasteiger partial charge < -0.3 is 25.1 Å². The maximum Gasteiger partial charge on any atom is 0.413 e. The number of rotatable bonds is 6. The summed E-state index contributed by atoms with van der Waals surface area (Å²) in [5.74, 6) is -0.0961. The minimum atomic E-state index is -4.21. The predicted octanol–water partition coefficient (Wildman–Crippen LogP) is 2.12. The molecule has 0 saturated heterocycles. The monoisotopic (exact) mass is 420 g/mol. The molecule has 0 spiro atoms. The number of nitrogens with two attached hydrogens (primary N) is 1. The highest BCUT2D eigenvalue weighted by molar-refractivity contribution is 7.87. The Morgan fingerprint density at radius 2 is 2.03 bits per heavy atom. The van der Waals surface area contributed by atoms with Gasteiger partial charge in [-0.3, -0.25) is 4.90 Å². The van der Waals surface area contributed by atoms with E-state index >= 15 is 0 Å². The molecule has 2 aromatic carbocycles. The summed E-state index contributed by atoms with van der Waals surface area (Å²) in [4.78, 5) is 18.7. The van der Waals surface area contributed by atoms with Crippen LogP contribution in [0.4, 0.5) is 16.4 Å². The molecule has 1 atom stereocenters. The van der Waals surface area contributed by atoms with Gasteiger partial charge in [-0.15, -0.1) is 0 Å². The first-order valence-electron chi connectivity index (χ1n) is 8.53. The van der Waals surface area contributed by atoms with E-state index in [1.165, 1.54) is 37.4 Å². The first-order chi connectivity index (χ1) is 13.6. The molecule has 11 heteroatoms. The molecule has 0 saturated carbocycles. The first kappa shape index (κ1) is 20.4. The van der Waals surface area contributed by atoms with Gasteiger partial charge >= 0.3 is 16.2 Å². The predicted molar refractivity (Wildman–Crippen MR) is 107 cm³/mol. The number of aliphatic hydroxyl groups is 1.